The predicted molar refractivity (Wildman–Crippen MR) is 108 cm³/mol. The molecule has 4 atom stereocenters. The average molecular weight is 411 g/mol. The Balaban J connectivity index is 2.61. The molecule has 7 nitrogen and oxygen atoms in total. The van der Waals surface area contributed by atoms with Crippen LogP contribution in [0.3, 0.4) is 0 Å². The molecule has 0 spiro atoms. The van der Waals surface area contributed by atoms with Gasteiger partial charge in [0.25, 0.3) is 0 Å². The van der Waals surface area contributed by atoms with E-state index in [1.165, 1.54) is 10.4 Å². The van der Waals surface area contributed by atoms with Crippen LogP contribution in [0.5, 0.6) is 5.75 Å². The highest BCUT2D eigenvalue weighted by atomic mass is 32.2. The van der Waals surface area contributed by atoms with Gasteiger partial charge in [-0.3, -0.25) is 0 Å². The molecule has 0 aromatic heterocycles. The van der Waals surface area contributed by atoms with Crippen molar-refractivity contribution < 1.29 is 23.4 Å². The van der Waals surface area contributed by atoms with Gasteiger partial charge in [0.05, 0.1) is 6.61 Å². The van der Waals surface area contributed by atoms with E-state index in [1.54, 1.807) is 26.0 Å². The van der Waals surface area contributed by atoms with Gasteiger partial charge in [-0.2, -0.15) is 4.31 Å². The lowest BCUT2D eigenvalue weighted by molar-refractivity contribution is 0.0812. The van der Waals surface area contributed by atoms with Crippen LogP contribution in [0.2, 0.25) is 0 Å². The lowest BCUT2D eigenvalue weighted by Gasteiger charge is -2.37. The zero-order chi connectivity index (χ0) is 21.1. The number of nitrogens with zero attached hydrogens (tertiary/aromatic N) is 2. The summed E-state index contributed by atoms with van der Waals surface area (Å²) in [6.45, 7) is 5.80. The van der Waals surface area contributed by atoms with Crippen LogP contribution in [-0.4, -0.2) is 79.9 Å². The van der Waals surface area contributed by atoms with Gasteiger partial charge in [0.1, 0.15) is 22.9 Å². The van der Waals surface area contributed by atoms with E-state index in [4.69, 9.17) is 4.74 Å². The van der Waals surface area contributed by atoms with Crippen molar-refractivity contribution in [1.82, 2.24) is 9.21 Å². The predicted octanol–water partition coefficient (Wildman–Crippen LogP) is 0.749. The fourth-order valence-electron chi connectivity index (χ4n) is 3.07. The Hall–Kier alpha value is -1.63. The smallest absolute Gasteiger partial charge is 0.247 e. The number of aliphatic hydroxyl groups excluding tert-OH is 2. The fraction of sp³-hybridized carbons (Fsp3) is 0.600. The standard InChI is InChI=1S/C20H30N2O5S/c1-14-11-22(15(2)13-23)28(25,26)20-9-8-17(7-6-16(3)24)10-18(20)27-19(14)12-21(4)5/h8-10,14-16,19,23-24H,11-13H2,1-5H3/t14-,15-,16-,19+/m1/s1. The summed E-state index contributed by atoms with van der Waals surface area (Å²) < 4.78 is 34.1. The Morgan fingerprint density at radius 3 is 2.61 bits per heavy atom. The highest BCUT2D eigenvalue weighted by Crippen LogP contribution is 2.34. The highest BCUT2D eigenvalue weighted by Gasteiger charge is 2.37. The Bertz CT molecular complexity index is 842. The zero-order valence-corrected chi connectivity index (χ0v) is 17.9. The molecule has 1 aliphatic rings. The van der Waals surface area contributed by atoms with Crippen molar-refractivity contribution in [3.63, 3.8) is 0 Å². The zero-order valence-electron chi connectivity index (χ0n) is 17.1. The third kappa shape index (κ3) is 5.25. The number of rotatable bonds is 4. The summed E-state index contributed by atoms with van der Waals surface area (Å²) in [6, 6.07) is 4.14. The summed E-state index contributed by atoms with van der Waals surface area (Å²) in [7, 11) is 0.0217. The lowest BCUT2D eigenvalue weighted by Crippen LogP contribution is -2.49. The van der Waals surface area contributed by atoms with Gasteiger partial charge in [-0.1, -0.05) is 18.8 Å². The van der Waals surface area contributed by atoms with Gasteiger partial charge in [0.15, 0.2) is 0 Å². The van der Waals surface area contributed by atoms with Crippen molar-refractivity contribution in [3.8, 4) is 17.6 Å². The van der Waals surface area contributed by atoms with E-state index in [1.807, 2.05) is 25.9 Å². The molecule has 156 valence electrons. The van der Waals surface area contributed by atoms with Gasteiger partial charge in [0, 0.05) is 30.6 Å². The first kappa shape index (κ1) is 22.7. The normalized spacial score (nSPS) is 24.1. The SMILES string of the molecule is C[C@@H]1CN([C@H](C)CO)S(=O)(=O)c2ccc(C#C[C@@H](C)O)cc2O[C@H]1CN(C)C. The summed E-state index contributed by atoms with van der Waals surface area (Å²) in [5.41, 5.74) is 0.563. The molecule has 0 saturated carbocycles. The van der Waals surface area contributed by atoms with Crippen LogP contribution >= 0.6 is 0 Å². The van der Waals surface area contributed by atoms with Crippen LogP contribution in [0, 0.1) is 17.8 Å². The first-order valence-corrected chi connectivity index (χ1v) is 10.8. The van der Waals surface area contributed by atoms with Gasteiger partial charge >= 0.3 is 0 Å². The van der Waals surface area contributed by atoms with Crippen molar-refractivity contribution in [2.45, 2.75) is 43.9 Å². The van der Waals surface area contributed by atoms with Crippen molar-refractivity contribution in [3.05, 3.63) is 23.8 Å². The maximum absolute atomic E-state index is 13.3. The number of hydrogen-bond donors (Lipinski definition) is 2. The number of likely N-dealkylation sites (N-methyl/N-ethyl adjacent to an activating group) is 1. The largest absolute Gasteiger partial charge is 0.487 e. The summed E-state index contributed by atoms with van der Waals surface area (Å²) in [4.78, 5) is 2.06. The number of fused-ring (bicyclic) bond motifs is 1. The molecule has 1 aromatic rings. The summed E-state index contributed by atoms with van der Waals surface area (Å²) in [5, 5.41) is 19.0. The topological polar surface area (TPSA) is 90.3 Å². The van der Waals surface area contributed by atoms with Crippen LogP contribution in [0.25, 0.3) is 0 Å². The number of ether oxygens (including phenoxy) is 1. The molecule has 1 aliphatic heterocycles. The van der Waals surface area contributed by atoms with E-state index in [2.05, 4.69) is 11.8 Å². The van der Waals surface area contributed by atoms with E-state index in [9.17, 15) is 18.6 Å². The maximum atomic E-state index is 13.3. The van der Waals surface area contributed by atoms with Crippen LogP contribution in [0.15, 0.2) is 23.1 Å². The molecule has 2 N–H and O–H groups in total. The number of benzene rings is 1. The molecule has 0 bridgehead atoms. The van der Waals surface area contributed by atoms with Gasteiger partial charge in [0.2, 0.25) is 10.0 Å². The monoisotopic (exact) mass is 410 g/mol. The molecule has 2 rings (SSSR count). The lowest BCUT2D eigenvalue weighted by atomic mass is 10.0. The van der Waals surface area contributed by atoms with E-state index in [0.717, 1.165) is 0 Å². The molecule has 1 heterocycles. The summed E-state index contributed by atoms with van der Waals surface area (Å²) in [5.74, 6) is 5.64. The third-order valence-electron chi connectivity index (χ3n) is 4.64. The second-order valence-electron chi connectivity index (χ2n) is 7.61. The molecule has 8 heteroatoms. The van der Waals surface area contributed by atoms with E-state index >= 15 is 0 Å². The fourth-order valence-corrected chi connectivity index (χ4v) is 4.89. The van der Waals surface area contributed by atoms with Crippen molar-refractivity contribution in [2.24, 2.45) is 5.92 Å². The van der Waals surface area contributed by atoms with Crippen LogP contribution in [0.1, 0.15) is 26.3 Å². The van der Waals surface area contributed by atoms with Gasteiger partial charge < -0.3 is 19.8 Å². The minimum absolute atomic E-state index is 0.0612. The second-order valence-corrected chi connectivity index (χ2v) is 9.47. The van der Waals surface area contributed by atoms with Crippen molar-refractivity contribution in [2.75, 3.05) is 33.8 Å². The molecule has 0 fully saturated rings. The van der Waals surface area contributed by atoms with Gasteiger partial charge in [-0.25, -0.2) is 8.42 Å². The average Bonchev–Trinajstić information content (AvgIpc) is 2.61. The van der Waals surface area contributed by atoms with E-state index < -0.39 is 22.2 Å². The number of hydrogen-bond acceptors (Lipinski definition) is 6. The molecule has 0 amide bonds. The minimum Gasteiger partial charge on any atom is -0.487 e. The molecule has 1 aromatic carbocycles. The molecule has 0 aliphatic carbocycles. The van der Waals surface area contributed by atoms with Gasteiger partial charge in [-0.15, -0.1) is 0 Å². The third-order valence-corrected chi connectivity index (χ3v) is 6.66. The van der Waals surface area contributed by atoms with Crippen LogP contribution in [-0.2, 0) is 10.0 Å². The molecule has 0 radical (unpaired) electrons. The Morgan fingerprint density at radius 2 is 2.04 bits per heavy atom. The van der Waals surface area contributed by atoms with E-state index in [0.29, 0.717) is 12.1 Å². The quantitative estimate of drug-likeness (QED) is 0.712. The molecule has 28 heavy (non-hydrogen) atoms. The van der Waals surface area contributed by atoms with E-state index in [-0.39, 0.29) is 35.8 Å². The van der Waals surface area contributed by atoms with Crippen molar-refractivity contribution >= 4 is 10.0 Å². The van der Waals surface area contributed by atoms with Gasteiger partial charge in [-0.05, 0) is 46.1 Å². The number of sulfonamides is 1. The number of aliphatic hydroxyl groups is 2. The molecule has 0 saturated heterocycles. The molecular weight excluding hydrogens is 380 g/mol. The summed E-state index contributed by atoms with van der Waals surface area (Å²) >= 11 is 0. The van der Waals surface area contributed by atoms with Crippen LogP contribution in [0.4, 0.5) is 0 Å². The Morgan fingerprint density at radius 1 is 1.36 bits per heavy atom. The Labute approximate surface area is 168 Å². The molecule has 0 unspecified atom stereocenters. The second kappa shape index (κ2) is 9.25. The maximum Gasteiger partial charge on any atom is 0.247 e. The van der Waals surface area contributed by atoms with Crippen LogP contribution < -0.4 is 4.74 Å². The first-order chi connectivity index (χ1) is 13.1. The molecular formula is C20H30N2O5S. The first-order valence-electron chi connectivity index (χ1n) is 9.34. The Kier molecular flexibility index (Phi) is 7.48. The highest BCUT2D eigenvalue weighted by molar-refractivity contribution is 7.89. The minimum atomic E-state index is -3.85. The summed E-state index contributed by atoms with van der Waals surface area (Å²) in [6.07, 6.45) is -1.02. The van der Waals surface area contributed by atoms with Crippen molar-refractivity contribution in [1.29, 1.82) is 0 Å².